The van der Waals surface area contributed by atoms with Crippen LogP contribution < -0.4 is 14.9 Å². The maximum absolute atomic E-state index is 13.1. The monoisotopic (exact) mass is 487 g/mol. The Morgan fingerprint density at radius 3 is 2.74 bits per heavy atom. The molecular weight excluding hydrogens is 458 g/mol. The van der Waals surface area contributed by atoms with Crippen molar-refractivity contribution in [3.05, 3.63) is 48.0 Å². The van der Waals surface area contributed by atoms with Crippen LogP contribution in [0.15, 0.2) is 47.4 Å². The van der Waals surface area contributed by atoms with Crippen molar-refractivity contribution in [1.29, 1.82) is 0 Å². The summed E-state index contributed by atoms with van der Waals surface area (Å²) in [6, 6.07) is 12.2. The molecule has 1 N–H and O–H groups in total. The molecular formula is C23H29N5O5S. The number of methoxy groups -OCH3 is 1. The van der Waals surface area contributed by atoms with Crippen molar-refractivity contribution in [2.24, 2.45) is 5.92 Å². The third-order valence-electron chi connectivity index (χ3n) is 5.86. The largest absolute Gasteiger partial charge is 0.497 e. The predicted molar refractivity (Wildman–Crippen MR) is 126 cm³/mol. The summed E-state index contributed by atoms with van der Waals surface area (Å²) in [6.07, 6.45) is 2.54. The summed E-state index contributed by atoms with van der Waals surface area (Å²) >= 11 is 0. The molecule has 0 spiro atoms. The molecule has 1 aromatic heterocycles. The van der Waals surface area contributed by atoms with Crippen LogP contribution in [0.5, 0.6) is 5.75 Å². The summed E-state index contributed by atoms with van der Waals surface area (Å²) < 4.78 is 32.9. The van der Waals surface area contributed by atoms with Gasteiger partial charge in [0, 0.05) is 19.6 Å². The zero-order valence-electron chi connectivity index (χ0n) is 19.3. The Balaban J connectivity index is 1.36. The number of benzene rings is 2. The van der Waals surface area contributed by atoms with Crippen LogP contribution in [0.25, 0.3) is 11.0 Å². The number of amides is 1. The number of nitrogens with zero attached hydrogens (tertiary/aromatic N) is 4. The van der Waals surface area contributed by atoms with Crippen LogP contribution in [0.3, 0.4) is 0 Å². The van der Waals surface area contributed by atoms with Crippen molar-refractivity contribution in [3.63, 3.8) is 0 Å². The van der Waals surface area contributed by atoms with Crippen LogP contribution in [-0.4, -0.2) is 67.1 Å². The SMILES string of the molecule is COc1ccc(CCNC(=O)COn2nnc3ccc(S(=O)(=O)N4CCCC(C)C4)cc32)cc1. The topological polar surface area (TPSA) is 116 Å². The van der Waals surface area contributed by atoms with E-state index in [2.05, 4.69) is 22.6 Å². The zero-order valence-corrected chi connectivity index (χ0v) is 20.1. The number of rotatable bonds is 9. The van der Waals surface area contributed by atoms with E-state index in [1.165, 1.54) is 16.4 Å². The number of aromatic nitrogens is 3. The fraction of sp³-hybridized carbons (Fsp3) is 0.435. The predicted octanol–water partition coefficient (Wildman–Crippen LogP) is 1.65. The van der Waals surface area contributed by atoms with Crippen molar-refractivity contribution in [2.45, 2.75) is 31.1 Å². The highest BCUT2D eigenvalue weighted by atomic mass is 32.2. The van der Waals surface area contributed by atoms with Gasteiger partial charge in [-0.3, -0.25) is 4.79 Å². The third kappa shape index (κ3) is 5.48. The second-order valence-electron chi connectivity index (χ2n) is 8.44. The van der Waals surface area contributed by atoms with Crippen LogP contribution >= 0.6 is 0 Å². The smallest absolute Gasteiger partial charge is 0.260 e. The van der Waals surface area contributed by atoms with E-state index in [0.717, 1.165) is 29.0 Å². The van der Waals surface area contributed by atoms with Crippen molar-refractivity contribution in [2.75, 3.05) is 33.4 Å². The zero-order chi connectivity index (χ0) is 24.1. The molecule has 0 saturated carbocycles. The van der Waals surface area contributed by atoms with Gasteiger partial charge >= 0.3 is 0 Å². The number of hydrogen-bond acceptors (Lipinski definition) is 7. The van der Waals surface area contributed by atoms with E-state index in [9.17, 15) is 13.2 Å². The molecule has 1 unspecified atom stereocenters. The number of piperidine rings is 1. The minimum Gasteiger partial charge on any atom is -0.497 e. The first-order valence-corrected chi connectivity index (χ1v) is 12.7. The molecule has 0 radical (unpaired) electrons. The highest BCUT2D eigenvalue weighted by Crippen LogP contribution is 2.25. The van der Waals surface area contributed by atoms with E-state index < -0.39 is 10.0 Å². The maximum atomic E-state index is 13.1. The maximum Gasteiger partial charge on any atom is 0.260 e. The van der Waals surface area contributed by atoms with Crippen molar-refractivity contribution < 1.29 is 22.8 Å². The summed E-state index contributed by atoms with van der Waals surface area (Å²) in [5.41, 5.74) is 1.93. The van der Waals surface area contributed by atoms with Gasteiger partial charge in [0.25, 0.3) is 5.91 Å². The lowest BCUT2D eigenvalue weighted by molar-refractivity contribution is -0.126. The molecule has 3 aromatic rings. The fourth-order valence-corrected chi connectivity index (χ4v) is 5.58. The van der Waals surface area contributed by atoms with Gasteiger partial charge in [-0.25, -0.2) is 8.42 Å². The van der Waals surface area contributed by atoms with Crippen LogP contribution in [0, 0.1) is 5.92 Å². The van der Waals surface area contributed by atoms with E-state index in [-0.39, 0.29) is 17.4 Å². The molecule has 10 nitrogen and oxygen atoms in total. The molecule has 182 valence electrons. The van der Waals surface area contributed by atoms with Crippen molar-refractivity contribution in [3.8, 4) is 5.75 Å². The highest BCUT2D eigenvalue weighted by Gasteiger charge is 2.29. The number of sulfonamides is 1. The number of nitrogens with one attached hydrogen (secondary N) is 1. The third-order valence-corrected chi connectivity index (χ3v) is 7.72. The first kappa shape index (κ1) is 24.0. The minimum atomic E-state index is -3.63. The van der Waals surface area contributed by atoms with E-state index >= 15 is 0 Å². The summed E-state index contributed by atoms with van der Waals surface area (Å²) in [5, 5.41) is 10.7. The molecule has 2 heterocycles. The average molecular weight is 488 g/mol. The van der Waals surface area contributed by atoms with E-state index in [1.54, 1.807) is 13.2 Å². The fourth-order valence-electron chi connectivity index (χ4n) is 3.96. The summed E-state index contributed by atoms with van der Waals surface area (Å²) in [7, 11) is -2.02. The minimum absolute atomic E-state index is 0.158. The summed E-state index contributed by atoms with van der Waals surface area (Å²) in [5.74, 6) is 0.789. The van der Waals surface area contributed by atoms with Gasteiger partial charge in [0.2, 0.25) is 10.0 Å². The average Bonchev–Trinajstić information content (AvgIpc) is 3.25. The first-order valence-electron chi connectivity index (χ1n) is 11.3. The van der Waals surface area contributed by atoms with Gasteiger partial charge in [-0.15, -0.1) is 5.10 Å². The van der Waals surface area contributed by atoms with E-state index in [0.29, 0.717) is 43.0 Å². The van der Waals surface area contributed by atoms with E-state index in [4.69, 9.17) is 9.57 Å². The normalized spacial score (nSPS) is 16.9. The molecule has 0 aliphatic carbocycles. The van der Waals surface area contributed by atoms with Gasteiger partial charge in [-0.05, 0) is 66.3 Å². The molecule has 1 aliphatic heterocycles. The Morgan fingerprint density at radius 2 is 2.00 bits per heavy atom. The molecule has 2 aromatic carbocycles. The Morgan fingerprint density at radius 1 is 1.21 bits per heavy atom. The summed E-state index contributed by atoms with van der Waals surface area (Å²) in [4.78, 5) is 18.9. The lowest BCUT2D eigenvalue weighted by Gasteiger charge is -2.30. The van der Waals surface area contributed by atoms with Gasteiger partial charge in [0.05, 0.1) is 12.0 Å². The molecule has 0 bridgehead atoms. The van der Waals surface area contributed by atoms with Crippen molar-refractivity contribution in [1.82, 2.24) is 24.8 Å². The Hall–Kier alpha value is -3.18. The molecule has 1 atom stereocenters. The molecule has 11 heteroatoms. The van der Waals surface area contributed by atoms with Gasteiger partial charge in [-0.2, -0.15) is 4.31 Å². The molecule has 34 heavy (non-hydrogen) atoms. The molecule has 4 rings (SSSR count). The lowest BCUT2D eigenvalue weighted by Crippen LogP contribution is -2.39. The first-order chi connectivity index (χ1) is 16.4. The molecule has 1 saturated heterocycles. The second kappa shape index (κ2) is 10.4. The second-order valence-corrected chi connectivity index (χ2v) is 10.4. The van der Waals surface area contributed by atoms with Crippen molar-refractivity contribution >= 4 is 27.0 Å². The number of hydrogen-bond donors (Lipinski definition) is 1. The Labute approximate surface area is 198 Å². The van der Waals surface area contributed by atoms with Gasteiger partial charge in [0.1, 0.15) is 16.8 Å². The number of ether oxygens (including phenoxy) is 1. The van der Waals surface area contributed by atoms with E-state index in [1.807, 2.05) is 24.3 Å². The van der Waals surface area contributed by atoms with Gasteiger partial charge < -0.3 is 14.9 Å². The van der Waals surface area contributed by atoms with Crippen LogP contribution in [0.2, 0.25) is 0 Å². The van der Waals surface area contributed by atoms with Gasteiger partial charge in [-0.1, -0.05) is 23.9 Å². The highest BCUT2D eigenvalue weighted by molar-refractivity contribution is 7.89. The van der Waals surface area contributed by atoms with Crippen LogP contribution in [0.4, 0.5) is 0 Å². The molecule has 1 aliphatic rings. The number of fused-ring (bicyclic) bond motifs is 1. The summed E-state index contributed by atoms with van der Waals surface area (Å²) in [6.45, 7) is 3.24. The molecule has 1 amide bonds. The number of carbonyl (C=O) groups is 1. The Kier molecular flexibility index (Phi) is 7.32. The lowest BCUT2D eigenvalue weighted by atomic mass is 10.0. The Bertz CT molecular complexity index is 1240. The molecule has 1 fully saturated rings. The standard InChI is InChI=1S/C23H29N5O5S/c1-17-4-3-13-27(15-17)34(30,31)20-9-10-21-22(14-20)28(26-25-21)33-16-23(29)24-12-11-18-5-7-19(32-2)8-6-18/h5-10,14,17H,3-4,11-13,15-16H2,1-2H3,(H,24,29). The van der Waals surface area contributed by atoms with Gasteiger partial charge in [0.15, 0.2) is 6.61 Å². The van der Waals surface area contributed by atoms with Crippen LogP contribution in [-0.2, 0) is 21.2 Å². The quantitative estimate of drug-likeness (QED) is 0.488. The number of carbonyl (C=O) groups excluding carboxylic acids is 1. The van der Waals surface area contributed by atoms with Crippen LogP contribution in [0.1, 0.15) is 25.3 Å².